The molecule has 2 rings (SSSR count). The first-order valence-corrected chi connectivity index (χ1v) is 7.44. The number of fused-ring (bicyclic) bond motifs is 2. The average molecular weight is 294 g/mol. The van der Waals surface area contributed by atoms with Gasteiger partial charge in [0.25, 0.3) is 10.1 Å². The highest BCUT2D eigenvalue weighted by Crippen LogP contribution is 2.64. The quantitative estimate of drug-likeness (QED) is 0.658. The van der Waals surface area contributed by atoms with Crippen molar-refractivity contribution in [3.8, 4) is 0 Å². The van der Waals surface area contributed by atoms with Gasteiger partial charge < -0.3 is 10.2 Å². The molecule has 2 aliphatic rings. The maximum Gasteiger partial charge on any atom is 0.503 e. The zero-order chi connectivity index (χ0) is 15.1. The monoisotopic (exact) mass is 294 g/mol. The molecule has 0 aromatic carbocycles. The second-order valence-electron chi connectivity index (χ2n) is 5.68. The van der Waals surface area contributed by atoms with Crippen LogP contribution in [0.1, 0.15) is 33.1 Å². The standard InChI is InChI=1S/C10H16O4S.CH2O3/c1-9(2)7-3-4-10(9,8(11)5-7)6-15(12,13)14;2-1(3)4/h7H,3-6H2,1-2H3,(H,12,13,14);(H2,2,3,4). The first-order valence-electron chi connectivity index (χ1n) is 5.83. The average Bonchev–Trinajstić information content (AvgIpc) is 2.47. The van der Waals surface area contributed by atoms with Gasteiger partial charge in [-0.15, -0.1) is 0 Å². The minimum atomic E-state index is -4.08. The first kappa shape index (κ1) is 15.9. The molecule has 3 N–H and O–H groups in total. The van der Waals surface area contributed by atoms with Crippen LogP contribution in [-0.4, -0.2) is 40.9 Å². The Morgan fingerprint density at radius 3 is 2.11 bits per heavy atom. The normalized spacial score (nSPS) is 31.7. The van der Waals surface area contributed by atoms with Crippen LogP contribution in [0.15, 0.2) is 0 Å². The Bertz CT molecular complexity index is 489. The molecule has 0 heterocycles. The summed E-state index contributed by atoms with van der Waals surface area (Å²) in [4.78, 5) is 20.4. The van der Waals surface area contributed by atoms with Crippen LogP contribution in [0.5, 0.6) is 0 Å². The number of hydrogen-bond donors (Lipinski definition) is 3. The minimum absolute atomic E-state index is 0.0152. The Balaban J connectivity index is 0.000000399. The SMILES string of the molecule is CC1(C)C2CCC1(CS(=O)(=O)O)C(=O)C2.O=C(O)O. The third kappa shape index (κ3) is 2.89. The Morgan fingerprint density at radius 2 is 1.84 bits per heavy atom. The predicted molar refractivity (Wildman–Crippen MR) is 65.6 cm³/mol. The molecule has 7 nitrogen and oxygen atoms in total. The lowest BCUT2D eigenvalue weighted by molar-refractivity contribution is -0.128. The van der Waals surface area contributed by atoms with Crippen molar-refractivity contribution in [1.29, 1.82) is 0 Å². The van der Waals surface area contributed by atoms with Crippen LogP contribution in [0.4, 0.5) is 4.79 Å². The first-order chi connectivity index (χ1) is 8.42. The summed E-state index contributed by atoms with van der Waals surface area (Å²) >= 11 is 0. The fraction of sp³-hybridized carbons (Fsp3) is 0.818. The van der Waals surface area contributed by atoms with Gasteiger partial charge >= 0.3 is 6.16 Å². The van der Waals surface area contributed by atoms with Gasteiger partial charge in [0.2, 0.25) is 0 Å². The van der Waals surface area contributed by atoms with Crippen LogP contribution >= 0.6 is 0 Å². The van der Waals surface area contributed by atoms with Crippen molar-refractivity contribution < 1.29 is 32.8 Å². The fourth-order valence-corrected chi connectivity index (χ4v) is 4.72. The molecule has 0 amide bonds. The van der Waals surface area contributed by atoms with E-state index >= 15 is 0 Å². The van der Waals surface area contributed by atoms with Crippen molar-refractivity contribution in [3.05, 3.63) is 0 Å². The van der Waals surface area contributed by atoms with E-state index in [9.17, 15) is 13.2 Å². The number of carbonyl (C=O) groups is 2. The highest BCUT2D eigenvalue weighted by Gasteiger charge is 2.65. The fourth-order valence-electron chi connectivity index (χ4n) is 3.42. The molecule has 0 saturated heterocycles. The van der Waals surface area contributed by atoms with Crippen molar-refractivity contribution >= 4 is 22.1 Å². The van der Waals surface area contributed by atoms with E-state index in [2.05, 4.69) is 0 Å². The zero-order valence-corrected chi connectivity index (χ0v) is 11.6. The summed E-state index contributed by atoms with van der Waals surface area (Å²) in [6.45, 7) is 3.89. The molecule has 0 radical (unpaired) electrons. The lowest BCUT2D eigenvalue weighted by Gasteiger charge is -2.35. The summed E-state index contributed by atoms with van der Waals surface area (Å²) in [6.07, 6.45) is 0.139. The predicted octanol–water partition coefficient (Wildman–Crippen LogP) is 1.49. The molecular formula is C11H18O7S. The third-order valence-corrected chi connectivity index (χ3v) is 5.43. The van der Waals surface area contributed by atoms with Gasteiger partial charge in [-0.3, -0.25) is 9.35 Å². The molecule has 19 heavy (non-hydrogen) atoms. The van der Waals surface area contributed by atoms with Gasteiger partial charge in [-0.05, 0) is 24.2 Å². The molecule has 2 fully saturated rings. The molecule has 2 atom stereocenters. The highest BCUT2D eigenvalue weighted by atomic mass is 32.2. The summed E-state index contributed by atoms with van der Waals surface area (Å²) in [5.41, 5.74) is -1.12. The molecule has 2 unspecified atom stereocenters. The van der Waals surface area contributed by atoms with Crippen LogP contribution in [0, 0.1) is 16.7 Å². The molecule has 110 valence electrons. The number of carbonyl (C=O) groups excluding carboxylic acids is 1. The summed E-state index contributed by atoms with van der Waals surface area (Å²) < 4.78 is 31.0. The molecule has 0 aromatic heterocycles. The number of ketones is 1. The molecular weight excluding hydrogens is 276 g/mol. The molecule has 0 aliphatic heterocycles. The molecule has 2 bridgehead atoms. The van der Waals surface area contributed by atoms with Crippen LogP contribution in [0.25, 0.3) is 0 Å². The maximum atomic E-state index is 11.9. The Morgan fingerprint density at radius 1 is 1.37 bits per heavy atom. The highest BCUT2D eigenvalue weighted by molar-refractivity contribution is 7.85. The van der Waals surface area contributed by atoms with Gasteiger partial charge in [0, 0.05) is 6.42 Å². The van der Waals surface area contributed by atoms with Crippen molar-refractivity contribution in [2.75, 3.05) is 5.75 Å². The molecule has 2 saturated carbocycles. The Kier molecular flexibility index (Phi) is 3.98. The van der Waals surface area contributed by atoms with Crippen LogP contribution < -0.4 is 0 Å². The van der Waals surface area contributed by atoms with Crippen molar-refractivity contribution in [2.45, 2.75) is 33.1 Å². The van der Waals surface area contributed by atoms with Crippen LogP contribution in [0.2, 0.25) is 0 Å². The lowest BCUT2D eigenvalue weighted by Crippen LogP contribution is -2.42. The van der Waals surface area contributed by atoms with Crippen molar-refractivity contribution in [3.63, 3.8) is 0 Å². The maximum absolute atomic E-state index is 11.9. The number of carboxylic acid groups (broad SMARTS) is 2. The smallest absolute Gasteiger partial charge is 0.450 e. The van der Waals surface area contributed by atoms with Crippen LogP contribution in [0.3, 0.4) is 0 Å². The van der Waals surface area contributed by atoms with Crippen molar-refractivity contribution in [2.24, 2.45) is 16.7 Å². The number of hydrogen-bond acceptors (Lipinski definition) is 4. The summed E-state index contributed by atoms with van der Waals surface area (Å²) in [5.74, 6) is -0.101. The van der Waals surface area contributed by atoms with E-state index in [4.69, 9.17) is 19.6 Å². The van der Waals surface area contributed by atoms with Gasteiger partial charge in [0.05, 0.1) is 11.2 Å². The lowest BCUT2D eigenvalue weighted by atomic mass is 9.70. The van der Waals surface area contributed by atoms with E-state index in [1.807, 2.05) is 13.8 Å². The number of Topliss-reactive ketones (excluding diaryl/α,β-unsaturated/α-hetero) is 1. The number of rotatable bonds is 2. The van der Waals surface area contributed by atoms with Gasteiger partial charge in [-0.2, -0.15) is 8.42 Å². The van der Waals surface area contributed by atoms with E-state index in [-0.39, 0.29) is 17.1 Å². The van der Waals surface area contributed by atoms with Gasteiger partial charge in [-0.1, -0.05) is 13.8 Å². The van der Waals surface area contributed by atoms with Crippen LogP contribution in [-0.2, 0) is 14.9 Å². The summed E-state index contributed by atoms with van der Waals surface area (Å²) in [5, 5.41) is 13.9. The second-order valence-corrected chi connectivity index (χ2v) is 7.13. The summed E-state index contributed by atoms with van der Waals surface area (Å²) in [6, 6.07) is 0. The third-order valence-electron chi connectivity index (χ3n) is 4.57. The van der Waals surface area contributed by atoms with E-state index in [0.717, 1.165) is 6.42 Å². The van der Waals surface area contributed by atoms with E-state index in [1.54, 1.807) is 0 Å². The zero-order valence-electron chi connectivity index (χ0n) is 10.8. The minimum Gasteiger partial charge on any atom is -0.450 e. The topological polar surface area (TPSA) is 129 Å². The molecule has 8 heteroatoms. The Hall–Kier alpha value is -1.15. The van der Waals surface area contributed by atoms with E-state index in [0.29, 0.717) is 12.8 Å². The van der Waals surface area contributed by atoms with Gasteiger partial charge in [-0.25, -0.2) is 4.79 Å². The van der Waals surface area contributed by atoms with Gasteiger partial charge in [0.15, 0.2) is 0 Å². The second kappa shape index (κ2) is 4.75. The summed E-state index contributed by atoms with van der Waals surface area (Å²) in [7, 11) is -4.08. The Labute approximate surface area is 111 Å². The van der Waals surface area contributed by atoms with Gasteiger partial charge in [0.1, 0.15) is 5.78 Å². The molecule has 2 aliphatic carbocycles. The van der Waals surface area contributed by atoms with E-state index in [1.165, 1.54) is 0 Å². The largest absolute Gasteiger partial charge is 0.503 e. The molecule has 0 aromatic rings. The molecule has 0 spiro atoms. The van der Waals surface area contributed by atoms with Crippen molar-refractivity contribution in [1.82, 2.24) is 0 Å². The van der Waals surface area contributed by atoms with E-state index < -0.39 is 27.4 Å².